The third kappa shape index (κ3) is 17.5. The van der Waals surface area contributed by atoms with Gasteiger partial charge in [-0.2, -0.15) is 26.3 Å². The second-order valence-electron chi connectivity index (χ2n) is 4.26. The molecule has 0 aliphatic rings. The third-order valence-electron chi connectivity index (χ3n) is 1.84. The van der Waals surface area contributed by atoms with Gasteiger partial charge in [0.1, 0.15) is 0 Å². The molecule has 0 atom stereocenters. The van der Waals surface area contributed by atoms with E-state index < -0.39 is 31.3 Å². The van der Waals surface area contributed by atoms with Crippen LogP contribution in [0.5, 0.6) is 0 Å². The van der Waals surface area contributed by atoms with Gasteiger partial charge in [-0.05, 0) is 0 Å². The van der Waals surface area contributed by atoms with Gasteiger partial charge in [0, 0.05) is 71.6 Å². The number of aromatic nitrogens is 4. The van der Waals surface area contributed by atoms with Crippen molar-refractivity contribution in [1.82, 2.24) is 9.97 Å². The molecule has 1 radical (unpaired) electrons. The molecule has 2 aromatic heterocycles. The summed E-state index contributed by atoms with van der Waals surface area (Å²) in [5, 5.41) is 0. The molecule has 19 heteroatoms. The van der Waals surface area contributed by atoms with E-state index in [2.05, 4.69) is 9.97 Å². The van der Waals surface area contributed by atoms with Crippen molar-refractivity contribution < 1.29 is 94.1 Å². The first kappa shape index (κ1) is 32.6. The van der Waals surface area contributed by atoms with Gasteiger partial charge in [0.25, 0.3) is 0 Å². The van der Waals surface area contributed by atoms with Crippen LogP contribution in [-0.2, 0) is 67.0 Å². The number of alkyl halides is 6. The summed E-state index contributed by atoms with van der Waals surface area (Å²) < 4.78 is 122. The Morgan fingerprint density at radius 1 is 0.724 bits per heavy atom. The SMILES string of the molecule is C[n+]1cc[n-]c1.C[n+]1cc[n-]c1.O=S(=O)([O-])C(F)(F)F.O=S(=O)([O-])C(F)(F)F.[Y]. The minimum atomic E-state index is -6.09. The molecule has 0 aliphatic heterocycles. The van der Waals surface area contributed by atoms with Crippen molar-refractivity contribution >= 4 is 20.2 Å². The first-order valence-electron chi connectivity index (χ1n) is 6.17. The molecular weight excluding hydrogens is 539 g/mol. The standard InChI is InChI=1S/2C4H6N2.2CHF3O3S.Y/c2*1-6-3-2-5-4-6;2*2-1(3,4)8(5,6)7;/h2*2-4H,1H3;2*(H,5,6,7);/p-2. The summed E-state index contributed by atoms with van der Waals surface area (Å²) in [7, 11) is -8.31. The van der Waals surface area contributed by atoms with Crippen LogP contribution in [0.25, 0.3) is 0 Å². The van der Waals surface area contributed by atoms with Gasteiger partial charge in [0.15, 0.2) is 20.2 Å². The Kier molecular flexibility index (Phi) is 14.9. The molecule has 0 spiro atoms. The van der Waals surface area contributed by atoms with Crippen LogP contribution < -0.4 is 19.1 Å². The second kappa shape index (κ2) is 13.3. The van der Waals surface area contributed by atoms with E-state index in [0.717, 1.165) is 0 Å². The molecule has 0 unspecified atom stereocenters. The summed E-state index contributed by atoms with van der Waals surface area (Å²) in [5.74, 6) is 0. The number of hydrogen-bond acceptors (Lipinski definition) is 6. The Morgan fingerprint density at radius 3 is 0.966 bits per heavy atom. The molecule has 0 N–H and O–H groups in total. The van der Waals surface area contributed by atoms with Gasteiger partial charge in [0.05, 0.1) is 12.7 Å². The number of rotatable bonds is 0. The Morgan fingerprint density at radius 2 is 0.931 bits per heavy atom. The van der Waals surface area contributed by atoms with Crippen LogP contribution >= 0.6 is 0 Å². The summed E-state index contributed by atoms with van der Waals surface area (Å²) in [6.07, 6.45) is 10.8. The fourth-order valence-electron chi connectivity index (χ4n) is 0.652. The number of imidazole rings is 2. The van der Waals surface area contributed by atoms with E-state index in [0.29, 0.717) is 0 Å². The molecule has 0 aromatic carbocycles. The van der Waals surface area contributed by atoms with Crippen LogP contribution in [-0.4, -0.2) is 37.0 Å². The number of aryl methyl sites for hydroxylation is 2. The average Bonchev–Trinajstić information content (AvgIpc) is 3.10. The monoisotopic (exact) mass is 551 g/mol. The molecule has 0 amide bonds. The van der Waals surface area contributed by atoms with E-state index in [1.54, 1.807) is 25.0 Å². The van der Waals surface area contributed by atoms with Gasteiger partial charge >= 0.3 is 11.0 Å². The molecule has 0 bridgehead atoms. The molecule has 2 rings (SSSR count). The first-order chi connectivity index (χ1) is 12.3. The van der Waals surface area contributed by atoms with Gasteiger partial charge in [-0.25, -0.2) is 26.8 Å². The van der Waals surface area contributed by atoms with Gasteiger partial charge in [-0.15, -0.1) is 0 Å². The van der Waals surface area contributed by atoms with E-state index in [1.807, 2.05) is 35.6 Å². The van der Waals surface area contributed by atoms with Crippen molar-refractivity contribution in [3.05, 3.63) is 37.4 Å². The quantitative estimate of drug-likeness (QED) is 0.176. The van der Waals surface area contributed by atoms with Crippen LogP contribution in [0.3, 0.4) is 0 Å². The fraction of sp³-hybridized carbons (Fsp3) is 0.400. The largest absolute Gasteiger partial charge is 0.741 e. The Balaban J connectivity index is -0.000000309. The maximum atomic E-state index is 10.7. The Bertz CT molecular complexity index is 793. The van der Waals surface area contributed by atoms with Crippen molar-refractivity contribution in [3.63, 3.8) is 0 Å². The van der Waals surface area contributed by atoms with Gasteiger partial charge in [-0.1, -0.05) is 0 Å². The summed E-state index contributed by atoms with van der Waals surface area (Å²) in [5.41, 5.74) is -11.3. The molecule has 0 fully saturated rings. The van der Waals surface area contributed by atoms with Crippen LogP contribution in [0.2, 0.25) is 0 Å². The van der Waals surface area contributed by atoms with E-state index in [4.69, 9.17) is 25.9 Å². The molecule has 2 aromatic rings. The summed E-state index contributed by atoms with van der Waals surface area (Å²) in [6, 6.07) is 0. The zero-order valence-corrected chi connectivity index (χ0v) is 18.8. The van der Waals surface area contributed by atoms with E-state index in [9.17, 15) is 26.3 Å². The Hall–Kier alpha value is -1.08. The molecule has 0 aliphatic carbocycles. The van der Waals surface area contributed by atoms with Crippen molar-refractivity contribution in [2.24, 2.45) is 14.1 Å². The number of hydrogen-bond donors (Lipinski definition) is 0. The van der Waals surface area contributed by atoms with E-state index in [1.165, 1.54) is 0 Å². The average molecular weight is 551 g/mol. The molecule has 0 saturated heterocycles. The van der Waals surface area contributed by atoms with Gasteiger partial charge in [-0.3, -0.25) is 0 Å². The molecule has 2 heterocycles. The normalized spacial score (nSPS) is 11.4. The van der Waals surface area contributed by atoms with Gasteiger partial charge in [0.2, 0.25) is 0 Å². The van der Waals surface area contributed by atoms with Crippen LogP contribution in [0.15, 0.2) is 37.4 Å². The van der Waals surface area contributed by atoms with Crippen LogP contribution in [0.4, 0.5) is 26.3 Å². The van der Waals surface area contributed by atoms with Crippen LogP contribution in [0, 0.1) is 0 Å². The molecule has 29 heavy (non-hydrogen) atoms. The topological polar surface area (TPSA) is 150 Å². The third-order valence-corrected chi connectivity index (χ3v) is 2.97. The van der Waals surface area contributed by atoms with Crippen molar-refractivity contribution in [2.75, 3.05) is 0 Å². The molecule has 0 saturated carbocycles. The second-order valence-corrected chi connectivity index (χ2v) is 7.00. The Labute approximate surface area is 186 Å². The minimum Gasteiger partial charge on any atom is -0.741 e. The fourth-order valence-corrected chi connectivity index (χ4v) is 0.652. The van der Waals surface area contributed by atoms with Crippen molar-refractivity contribution in [3.8, 4) is 0 Å². The zero-order chi connectivity index (χ0) is 22.8. The van der Waals surface area contributed by atoms with E-state index in [-0.39, 0.29) is 32.7 Å². The minimum absolute atomic E-state index is 0. The summed E-state index contributed by atoms with van der Waals surface area (Å²) in [6.45, 7) is 0. The predicted octanol–water partition coefficient (Wildman–Crippen LogP) is -0.963. The predicted molar refractivity (Wildman–Crippen MR) is 73.4 cm³/mol. The maximum Gasteiger partial charge on any atom is 0.485 e. The van der Waals surface area contributed by atoms with E-state index >= 15 is 0 Å². The number of halogens is 6. The zero-order valence-electron chi connectivity index (χ0n) is 14.4. The molecule has 10 nitrogen and oxygen atoms in total. The number of nitrogens with zero attached hydrogens (tertiary/aromatic N) is 4. The molecule has 167 valence electrons. The maximum absolute atomic E-state index is 10.7. The summed E-state index contributed by atoms with van der Waals surface area (Å²) in [4.78, 5) is 7.57. The smallest absolute Gasteiger partial charge is 0.485 e. The van der Waals surface area contributed by atoms with Crippen molar-refractivity contribution in [2.45, 2.75) is 11.0 Å². The first-order valence-corrected chi connectivity index (χ1v) is 8.99. The molecular formula is C10H12F6N4O6S2Y-2. The van der Waals surface area contributed by atoms with Crippen molar-refractivity contribution in [1.29, 1.82) is 0 Å². The van der Waals surface area contributed by atoms with Crippen LogP contribution in [0.1, 0.15) is 0 Å². The van der Waals surface area contributed by atoms with Gasteiger partial charge < -0.3 is 18.2 Å². The summed E-state index contributed by atoms with van der Waals surface area (Å²) >= 11 is 0.